The Morgan fingerprint density at radius 2 is 1.88 bits per heavy atom. The van der Waals surface area contributed by atoms with Gasteiger partial charge in [0.2, 0.25) is 6.79 Å². The predicted molar refractivity (Wildman–Crippen MR) is 94.8 cm³/mol. The Balaban J connectivity index is 1.46. The maximum atomic E-state index is 11.9. The van der Waals surface area contributed by atoms with E-state index in [4.69, 9.17) is 9.47 Å². The Hall–Kier alpha value is -2.87. The van der Waals surface area contributed by atoms with Gasteiger partial charge in [0.05, 0.1) is 12.8 Å². The quantitative estimate of drug-likeness (QED) is 0.590. The molecule has 2 aromatic rings. The number of ether oxygens (including phenoxy) is 2. The third kappa shape index (κ3) is 4.57. The van der Waals surface area contributed by atoms with Crippen LogP contribution in [0.25, 0.3) is 0 Å². The molecule has 8 heteroatoms. The molecule has 128 valence electrons. The summed E-state index contributed by atoms with van der Waals surface area (Å²) < 4.78 is 11.3. The van der Waals surface area contributed by atoms with Gasteiger partial charge in [-0.1, -0.05) is 15.9 Å². The second kappa shape index (κ2) is 7.80. The molecule has 25 heavy (non-hydrogen) atoms. The summed E-state index contributed by atoms with van der Waals surface area (Å²) >= 11 is 3.29. The van der Waals surface area contributed by atoms with Gasteiger partial charge in [0.15, 0.2) is 11.5 Å². The van der Waals surface area contributed by atoms with Gasteiger partial charge in [-0.05, 0) is 48.0 Å². The summed E-state index contributed by atoms with van der Waals surface area (Å²) in [5.41, 5.74) is 3.58. The molecule has 0 radical (unpaired) electrons. The standard InChI is InChI=1S/C17H14BrN3O4/c18-13-4-2-12(3-5-13)17(23)19-9-16(22)21-20-8-11-1-6-14-15(7-11)25-10-24-14/h1-8H,9-10H2,(H,19,23)(H,21,22). The van der Waals surface area contributed by atoms with E-state index in [1.54, 1.807) is 42.5 Å². The van der Waals surface area contributed by atoms with Crippen LogP contribution in [0.15, 0.2) is 52.0 Å². The first-order chi connectivity index (χ1) is 12.1. The lowest BCUT2D eigenvalue weighted by atomic mass is 10.2. The fourth-order valence-electron chi connectivity index (χ4n) is 2.08. The molecule has 0 aliphatic carbocycles. The number of nitrogens with one attached hydrogen (secondary N) is 2. The van der Waals surface area contributed by atoms with Crippen molar-refractivity contribution in [3.05, 3.63) is 58.1 Å². The molecular formula is C17H14BrN3O4. The summed E-state index contributed by atoms with van der Waals surface area (Å²) in [6, 6.07) is 12.1. The maximum Gasteiger partial charge on any atom is 0.259 e. The van der Waals surface area contributed by atoms with Crippen molar-refractivity contribution in [1.29, 1.82) is 0 Å². The number of fused-ring (bicyclic) bond motifs is 1. The van der Waals surface area contributed by atoms with Crippen molar-refractivity contribution in [2.75, 3.05) is 13.3 Å². The zero-order chi connectivity index (χ0) is 17.6. The lowest BCUT2D eigenvalue weighted by Gasteiger charge is -2.04. The number of hydrogen-bond acceptors (Lipinski definition) is 5. The number of nitrogens with zero attached hydrogens (tertiary/aromatic N) is 1. The molecule has 3 rings (SSSR count). The Morgan fingerprint density at radius 3 is 2.68 bits per heavy atom. The van der Waals surface area contributed by atoms with E-state index >= 15 is 0 Å². The molecule has 1 heterocycles. The minimum Gasteiger partial charge on any atom is -0.454 e. The van der Waals surface area contributed by atoms with Crippen molar-refractivity contribution in [2.45, 2.75) is 0 Å². The lowest BCUT2D eigenvalue weighted by Crippen LogP contribution is -2.34. The van der Waals surface area contributed by atoms with E-state index in [9.17, 15) is 9.59 Å². The molecule has 0 aromatic heterocycles. The average molecular weight is 404 g/mol. The third-order valence-corrected chi connectivity index (χ3v) is 3.84. The first-order valence-electron chi connectivity index (χ1n) is 7.37. The molecule has 0 unspecified atom stereocenters. The van der Waals surface area contributed by atoms with Crippen molar-refractivity contribution in [2.24, 2.45) is 5.10 Å². The largest absolute Gasteiger partial charge is 0.454 e. The van der Waals surface area contributed by atoms with Crippen molar-refractivity contribution >= 4 is 34.0 Å². The molecule has 2 aromatic carbocycles. The summed E-state index contributed by atoms with van der Waals surface area (Å²) in [5, 5.41) is 6.38. The van der Waals surface area contributed by atoms with Crippen molar-refractivity contribution in [3.8, 4) is 11.5 Å². The zero-order valence-electron chi connectivity index (χ0n) is 13.0. The monoisotopic (exact) mass is 403 g/mol. The van der Waals surface area contributed by atoms with E-state index in [0.29, 0.717) is 17.1 Å². The van der Waals surface area contributed by atoms with Gasteiger partial charge < -0.3 is 14.8 Å². The number of carbonyl (C=O) groups excluding carboxylic acids is 2. The van der Waals surface area contributed by atoms with Gasteiger partial charge in [-0.25, -0.2) is 5.43 Å². The SMILES string of the molecule is O=C(CNC(=O)c1ccc(Br)cc1)NN=Cc1ccc2c(c1)OCO2. The number of amides is 2. The zero-order valence-corrected chi connectivity index (χ0v) is 14.6. The second-order valence-electron chi connectivity index (χ2n) is 5.10. The Morgan fingerprint density at radius 1 is 1.12 bits per heavy atom. The highest BCUT2D eigenvalue weighted by Gasteiger charge is 2.12. The smallest absolute Gasteiger partial charge is 0.259 e. The van der Waals surface area contributed by atoms with Gasteiger partial charge in [0.1, 0.15) is 0 Å². The lowest BCUT2D eigenvalue weighted by molar-refractivity contribution is -0.120. The minimum atomic E-state index is -0.428. The van der Waals surface area contributed by atoms with Crippen LogP contribution in [-0.4, -0.2) is 31.4 Å². The van der Waals surface area contributed by atoms with Gasteiger partial charge in [0.25, 0.3) is 11.8 Å². The van der Waals surface area contributed by atoms with Crippen LogP contribution in [0.5, 0.6) is 11.5 Å². The number of benzene rings is 2. The van der Waals surface area contributed by atoms with E-state index in [0.717, 1.165) is 10.0 Å². The summed E-state index contributed by atoms with van der Waals surface area (Å²) in [4.78, 5) is 23.6. The second-order valence-corrected chi connectivity index (χ2v) is 6.01. The third-order valence-electron chi connectivity index (χ3n) is 3.32. The summed E-state index contributed by atoms with van der Waals surface area (Å²) in [5.74, 6) is 0.554. The normalized spacial score (nSPS) is 12.2. The van der Waals surface area contributed by atoms with E-state index in [2.05, 4.69) is 31.8 Å². The van der Waals surface area contributed by atoms with Gasteiger partial charge in [-0.2, -0.15) is 5.10 Å². The summed E-state index contributed by atoms with van der Waals surface area (Å²) in [6.45, 7) is 0.0259. The number of carbonyl (C=O) groups is 2. The van der Waals surface area contributed by atoms with Gasteiger partial charge >= 0.3 is 0 Å². The van der Waals surface area contributed by atoms with Crippen LogP contribution in [0.4, 0.5) is 0 Å². The van der Waals surface area contributed by atoms with Crippen LogP contribution in [0, 0.1) is 0 Å². The van der Waals surface area contributed by atoms with Crippen molar-refractivity contribution in [3.63, 3.8) is 0 Å². The number of rotatable bonds is 5. The fraction of sp³-hybridized carbons (Fsp3) is 0.118. The molecule has 7 nitrogen and oxygen atoms in total. The first-order valence-corrected chi connectivity index (χ1v) is 8.16. The van der Waals surface area contributed by atoms with Crippen LogP contribution in [0.1, 0.15) is 15.9 Å². The molecule has 0 atom stereocenters. The first kappa shape index (κ1) is 17.0. The Bertz CT molecular complexity index is 821. The molecule has 0 fully saturated rings. The van der Waals surface area contributed by atoms with Crippen LogP contribution in [0.2, 0.25) is 0 Å². The van der Waals surface area contributed by atoms with Crippen molar-refractivity contribution < 1.29 is 19.1 Å². The van der Waals surface area contributed by atoms with E-state index in [1.807, 2.05) is 0 Å². The number of hydrazone groups is 1. The molecule has 1 aliphatic rings. The molecule has 1 aliphatic heterocycles. The molecule has 2 amide bonds. The van der Waals surface area contributed by atoms with Crippen LogP contribution >= 0.6 is 15.9 Å². The molecule has 2 N–H and O–H groups in total. The summed E-state index contributed by atoms with van der Waals surface area (Å²) in [6.07, 6.45) is 1.48. The highest BCUT2D eigenvalue weighted by Crippen LogP contribution is 2.31. The van der Waals surface area contributed by atoms with Crippen molar-refractivity contribution in [1.82, 2.24) is 10.7 Å². The molecule has 0 bridgehead atoms. The van der Waals surface area contributed by atoms with E-state index in [1.165, 1.54) is 6.21 Å². The highest BCUT2D eigenvalue weighted by atomic mass is 79.9. The molecule has 0 saturated carbocycles. The minimum absolute atomic E-state index is 0.173. The summed E-state index contributed by atoms with van der Waals surface area (Å²) in [7, 11) is 0. The van der Waals surface area contributed by atoms with E-state index in [-0.39, 0.29) is 19.2 Å². The van der Waals surface area contributed by atoms with Crippen LogP contribution in [-0.2, 0) is 4.79 Å². The van der Waals surface area contributed by atoms with Gasteiger partial charge in [-0.15, -0.1) is 0 Å². The van der Waals surface area contributed by atoms with Crippen LogP contribution < -0.4 is 20.2 Å². The molecular weight excluding hydrogens is 390 g/mol. The topological polar surface area (TPSA) is 89.0 Å². The van der Waals surface area contributed by atoms with E-state index < -0.39 is 5.91 Å². The van der Waals surface area contributed by atoms with Gasteiger partial charge in [0, 0.05) is 10.0 Å². The average Bonchev–Trinajstić information content (AvgIpc) is 3.08. The van der Waals surface area contributed by atoms with Gasteiger partial charge in [-0.3, -0.25) is 9.59 Å². The molecule has 0 spiro atoms. The number of hydrogen-bond donors (Lipinski definition) is 2. The fourth-order valence-corrected chi connectivity index (χ4v) is 2.34. The highest BCUT2D eigenvalue weighted by molar-refractivity contribution is 9.10. The number of halogens is 1. The maximum absolute atomic E-state index is 11.9. The predicted octanol–water partition coefficient (Wildman–Crippen LogP) is 2.06. The Labute approximate surface area is 152 Å². The Kier molecular flexibility index (Phi) is 5.30. The van der Waals surface area contributed by atoms with Crippen LogP contribution in [0.3, 0.4) is 0 Å². The molecule has 0 saturated heterocycles.